The fourth-order valence-electron chi connectivity index (χ4n) is 2.87. The first-order valence-corrected chi connectivity index (χ1v) is 9.10. The van der Waals surface area contributed by atoms with Crippen LogP contribution in [0.1, 0.15) is 28.9 Å². The van der Waals surface area contributed by atoms with Crippen molar-refractivity contribution < 1.29 is 33.3 Å². The van der Waals surface area contributed by atoms with E-state index in [1.807, 2.05) is 25.1 Å². The van der Waals surface area contributed by atoms with Crippen molar-refractivity contribution in [2.24, 2.45) is 0 Å². The third-order valence-corrected chi connectivity index (χ3v) is 4.40. The number of esters is 1. The molecule has 0 bridgehead atoms. The Morgan fingerprint density at radius 3 is 2.55 bits per heavy atom. The molecular formula is C21H23NO7. The van der Waals surface area contributed by atoms with Crippen molar-refractivity contribution in [3.63, 3.8) is 0 Å². The van der Waals surface area contributed by atoms with Gasteiger partial charge in [-0.15, -0.1) is 0 Å². The lowest BCUT2D eigenvalue weighted by Gasteiger charge is -2.21. The van der Waals surface area contributed by atoms with E-state index in [1.165, 1.54) is 26.4 Å². The van der Waals surface area contributed by atoms with Crippen LogP contribution in [0.15, 0.2) is 36.4 Å². The molecule has 0 spiro atoms. The highest BCUT2D eigenvalue weighted by Crippen LogP contribution is 2.32. The molecular weight excluding hydrogens is 378 g/mol. The monoisotopic (exact) mass is 401 g/mol. The molecule has 0 radical (unpaired) electrons. The average Bonchev–Trinajstić information content (AvgIpc) is 2.76. The highest BCUT2D eigenvalue weighted by atomic mass is 16.6. The topological polar surface area (TPSA) is 92.3 Å². The predicted octanol–water partition coefficient (Wildman–Crippen LogP) is 2.51. The Labute approximate surface area is 168 Å². The number of fused-ring (bicyclic) bond motifs is 1. The minimum absolute atomic E-state index is 0.207. The number of carbonyl (C=O) groups is 2. The van der Waals surface area contributed by atoms with Crippen LogP contribution in [0, 0.1) is 0 Å². The summed E-state index contributed by atoms with van der Waals surface area (Å²) in [7, 11) is 2.77. The Bertz CT molecular complexity index is 897. The summed E-state index contributed by atoms with van der Waals surface area (Å²) in [4.78, 5) is 24.2. The van der Waals surface area contributed by atoms with Crippen molar-refractivity contribution in [2.45, 2.75) is 13.0 Å². The van der Waals surface area contributed by atoms with Gasteiger partial charge in [-0.05, 0) is 36.8 Å². The molecule has 1 atom stereocenters. The molecule has 8 heteroatoms. The van der Waals surface area contributed by atoms with Crippen LogP contribution in [0.3, 0.4) is 0 Å². The summed E-state index contributed by atoms with van der Waals surface area (Å²) in [5.74, 6) is 1.15. The molecule has 0 saturated heterocycles. The second-order valence-electron chi connectivity index (χ2n) is 6.33. The molecule has 0 aliphatic carbocycles. The first-order chi connectivity index (χ1) is 14.0. The van der Waals surface area contributed by atoms with Gasteiger partial charge in [0.1, 0.15) is 30.3 Å². The summed E-state index contributed by atoms with van der Waals surface area (Å²) >= 11 is 0. The Hall–Kier alpha value is -3.42. The fourth-order valence-corrected chi connectivity index (χ4v) is 2.87. The SMILES string of the molecule is COC(=O)c1ccc(OC)cc1OCC(=O)NC(C)c1ccc2c(c1)OCCO2. The second kappa shape index (κ2) is 9.18. The molecule has 1 aliphatic heterocycles. The van der Waals surface area contributed by atoms with Gasteiger partial charge in [-0.1, -0.05) is 6.07 Å². The molecule has 1 aliphatic rings. The molecule has 1 unspecified atom stereocenters. The zero-order valence-electron chi connectivity index (χ0n) is 16.5. The van der Waals surface area contributed by atoms with Crippen LogP contribution in [-0.2, 0) is 9.53 Å². The largest absolute Gasteiger partial charge is 0.497 e. The molecule has 1 heterocycles. The van der Waals surface area contributed by atoms with E-state index in [0.717, 1.165) is 5.56 Å². The number of ether oxygens (including phenoxy) is 5. The molecule has 1 N–H and O–H groups in total. The van der Waals surface area contributed by atoms with E-state index in [1.54, 1.807) is 6.07 Å². The number of amides is 1. The van der Waals surface area contributed by atoms with Crippen molar-refractivity contribution >= 4 is 11.9 Å². The Balaban J connectivity index is 1.63. The molecule has 3 rings (SSSR count). The molecule has 0 fully saturated rings. The van der Waals surface area contributed by atoms with Gasteiger partial charge < -0.3 is 29.0 Å². The minimum atomic E-state index is -0.562. The number of carbonyl (C=O) groups excluding carboxylic acids is 2. The molecule has 0 aromatic heterocycles. The molecule has 154 valence electrons. The van der Waals surface area contributed by atoms with E-state index in [2.05, 4.69) is 5.32 Å². The van der Waals surface area contributed by atoms with E-state index < -0.39 is 5.97 Å². The van der Waals surface area contributed by atoms with E-state index in [9.17, 15) is 9.59 Å². The lowest BCUT2D eigenvalue weighted by atomic mass is 10.1. The van der Waals surface area contributed by atoms with Crippen molar-refractivity contribution in [1.82, 2.24) is 5.32 Å². The molecule has 0 saturated carbocycles. The van der Waals surface area contributed by atoms with Crippen molar-refractivity contribution in [2.75, 3.05) is 34.0 Å². The number of methoxy groups -OCH3 is 2. The Kier molecular flexibility index (Phi) is 6.43. The van der Waals surface area contributed by atoms with Gasteiger partial charge in [0.15, 0.2) is 18.1 Å². The third kappa shape index (κ3) is 4.90. The van der Waals surface area contributed by atoms with Crippen molar-refractivity contribution in [1.29, 1.82) is 0 Å². The lowest BCUT2D eigenvalue weighted by molar-refractivity contribution is -0.123. The van der Waals surface area contributed by atoms with E-state index in [4.69, 9.17) is 23.7 Å². The van der Waals surface area contributed by atoms with Gasteiger partial charge in [-0.3, -0.25) is 4.79 Å². The quantitative estimate of drug-likeness (QED) is 0.713. The van der Waals surface area contributed by atoms with E-state index >= 15 is 0 Å². The maximum Gasteiger partial charge on any atom is 0.341 e. The summed E-state index contributed by atoms with van der Waals surface area (Å²) in [6.07, 6.45) is 0. The van der Waals surface area contributed by atoms with Crippen LogP contribution >= 0.6 is 0 Å². The van der Waals surface area contributed by atoms with Gasteiger partial charge in [-0.2, -0.15) is 0 Å². The maximum absolute atomic E-state index is 12.4. The number of benzene rings is 2. The number of hydrogen-bond donors (Lipinski definition) is 1. The number of nitrogens with one attached hydrogen (secondary N) is 1. The van der Waals surface area contributed by atoms with Gasteiger partial charge in [0.05, 0.1) is 20.3 Å². The van der Waals surface area contributed by atoms with Crippen LogP contribution < -0.4 is 24.3 Å². The van der Waals surface area contributed by atoms with Crippen LogP contribution in [0.4, 0.5) is 0 Å². The van der Waals surface area contributed by atoms with Crippen molar-refractivity contribution in [3.8, 4) is 23.0 Å². The predicted molar refractivity (Wildman–Crippen MR) is 104 cm³/mol. The van der Waals surface area contributed by atoms with Gasteiger partial charge in [0.25, 0.3) is 5.91 Å². The average molecular weight is 401 g/mol. The fraction of sp³-hybridized carbons (Fsp3) is 0.333. The Morgan fingerprint density at radius 2 is 1.83 bits per heavy atom. The molecule has 2 aromatic rings. The van der Waals surface area contributed by atoms with Gasteiger partial charge in [0.2, 0.25) is 0 Å². The van der Waals surface area contributed by atoms with Crippen LogP contribution in [-0.4, -0.2) is 45.9 Å². The van der Waals surface area contributed by atoms with Crippen LogP contribution in [0.5, 0.6) is 23.0 Å². The van der Waals surface area contributed by atoms with Crippen LogP contribution in [0.2, 0.25) is 0 Å². The van der Waals surface area contributed by atoms with Crippen LogP contribution in [0.25, 0.3) is 0 Å². The lowest BCUT2D eigenvalue weighted by Crippen LogP contribution is -2.31. The zero-order valence-corrected chi connectivity index (χ0v) is 16.5. The highest BCUT2D eigenvalue weighted by Gasteiger charge is 2.18. The molecule has 29 heavy (non-hydrogen) atoms. The number of hydrogen-bond acceptors (Lipinski definition) is 7. The standard InChI is InChI=1S/C21H23NO7/c1-13(14-4-7-17-19(10-14)28-9-8-27-17)22-20(23)12-29-18-11-15(25-2)5-6-16(18)21(24)26-3/h4-7,10-11,13H,8-9,12H2,1-3H3,(H,22,23). The summed E-state index contributed by atoms with van der Waals surface area (Å²) in [6, 6.07) is 9.94. The first-order valence-electron chi connectivity index (χ1n) is 9.10. The highest BCUT2D eigenvalue weighted by molar-refractivity contribution is 5.93. The first kappa shape index (κ1) is 20.3. The van der Waals surface area contributed by atoms with Gasteiger partial charge in [-0.25, -0.2) is 4.79 Å². The Morgan fingerprint density at radius 1 is 1.07 bits per heavy atom. The van der Waals surface area contributed by atoms with Gasteiger partial charge in [0, 0.05) is 6.07 Å². The van der Waals surface area contributed by atoms with Gasteiger partial charge >= 0.3 is 5.97 Å². The molecule has 8 nitrogen and oxygen atoms in total. The normalized spacial score (nSPS) is 13.2. The summed E-state index contributed by atoms with van der Waals surface area (Å²) < 4.78 is 26.5. The smallest absolute Gasteiger partial charge is 0.341 e. The number of rotatable bonds is 7. The second-order valence-corrected chi connectivity index (χ2v) is 6.33. The summed E-state index contributed by atoms with van der Waals surface area (Å²) in [6.45, 7) is 2.60. The third-order valence-electron chi connectivity index (χ3n) is 4.40. The molecule has 2 aromatic carbocycles. The summed E-state index contributed by atoms with van der Waals surface area (Å²) in [5, 5.41) is 2.86. The van der Waals surface area contributed by atoms with E-state index in [-0.39, 0.29) is 29.9 Å². The molecule has 1 amide bonds. The summed E-state index contributed by atoms with van der Waals surface area (Å²) in [5.41, 5.74) is 1.08. The maximum atomic E-state index is 12.4. The zero-order chi connectivity index (χ0) is 20.8. The van der Waals surface area contributed by atoms with E-state index in [0.29, 0.717) is 30.5 Å². The minimum Gasteiger partial charge on any atom is -0.497 e. The van der Waals surface area contributed by atoms with Crippen molar-refractivity contribution in [3.05, 3.63) is 47.5 Å².